The molecule has 0 fully saturated rings. The minimum Gasteiger partial charge on any atom is -0.497 e. The van der Waals surface area contributed by atoms with E-state index >= 15 is 0 Å². The highest BCUT2D eigenvalue weighted by Crippen LogP contribution is 2.44. The van der Waals surface area contributed by atoms with Crippen LogP contribution in [0.25, 0.3) is 11.1 Å². The second kappa shape index (κ2) is 10.9. The molecule has 0 spiro atoms. The van der Waals surface area contributed by atoms with Gasteiger partial charge in [0.1, 0.15) is 12.4 Å². The van der Waals surface area contributed by atoms with E-state index in [-0.39, 0.29) is 12.5 Å². The smallest absolute Gasteiger partial charge is 0.407 e. The molecular formula is C28H29NO5. The maximum atomic E-state index is 12.3. The number of carbonyl (C=O) groups is 2. The Bertz CT molecular complexity index is 1100. The van der Waals surface area contributed by atoms with E-state index in [1.165, 1.54) is 22.3 Å². The summed E-state index contributed by atoms with van der Waals surface area (Å²) in [5.41, 5.74) is 5.64. The molecule has 2 N–H and O–H groups in total. The largest absolute Gasteiger partial charge is 0.497 e. The average Bonchev–Trinajstić information content (AvgIpc) is 3.18. The van der Waals surface area contributed by atoms with Crippen LogP contribution < -0.4 is 10.1 Å². The van der Waals surface area contributed by atoms with Crippen LogP contribution in [0.5, 0.6) is 5.75 Å². The molecule has 6 nitrogen and oxygen atoms in total. The Kier molecular flexibility index (Phi) is 7.48. The summed E-state index contributed by atoms with van der Waals surface area (Å²) in [4.78, 5) is 24.0. The van der Waals surface area contributed by atoms with Gasteiger partial charge in [-0.3, -0.25) is 4.79 Å². The van der Waals surface area contributed by atoms with E-state index in [1.54, 1.807) is 7.11 Å². The molecule has 3 aromatic carbocycles. The first-order chi connectivity index (χ1) is 16.6. The summed E-state index contributed by atoms with van der Waals surface area (Å²) in [5, 5.41) is 12.3. The molecule has 1 aliphatic carbocycles. The summed E-state index contributed by atoms with van der Waals surface area (Å²) in [5.74, 6) is -0.600. The van der Waals surface area contributed by atoms with Gasteiger partial charge < -0.3 is 19.9 Å². The monoisotopic (exact) mass is 459 g/mol. The van der Waals surface area contributed by atoms with Crippen molar-refractivity contribution in [2.24, 2.45) is 5.92 Å². The molecule has 0 aromatic heterocycles. The van der Waals surface area contributed by atoms with E-state index in [4.69, 9.17) is 9.47 Å². The Labute approximate surface area is 199 Å². The number of nitrogens with one attached hydrogen (secondary N) is 1. The average molecular weight is 460 g/mol. The fraction of sp³-hybridized carbons (Fsp3) is 0.286. The lowest BCUT2D eigenvalue weighted by Gasteiger charge is -2.15. The number of hydrogen-bond acceptors (Lipinski definition) is 4. The quantitative estimate of drug-likeness (QED) is 0.404. The highest BCUT2D eigenvalue weighted by Gasteiger charge is 2.29. The van der Waals surface area contributed by atoms with Crippen molar-refractivity contribution in [2.45, 2.75) is 25.2 Å². The maximum absolute atomic E-state index is 12.3. The van der Waals surface area contributed by atoms with Gasteiger partial charge in [0.25, 0.3) is 0 Å². The molecule has 0 saturated heterocycles. The van der Waals surface area contributed by atoms with Crippen LogP contribution in [-0.4, -0.2) is 37.4 Å². The summed E-state index contributed by atoms with van der Waals surface area (Å²) in [6, 6.07) is 23.8. The van der Waals surface area contributed by atoms with E-state index in [0.717, 1.165) is 11.3 Å². The number of carboxylic acids is 1. The van der Waals surface area contributed by atoms with Crippen LogP contribution in [0, 0.1) is 5.92 Å². The number of benzene rings is 3. The van der Waals surface area contributed by atoms with Crippen LogP contribution in [0.1, 0.15) is 35.4 Å². The molecule has 0 bridgehead atoms. The second-order valence-corrected chi connectivity index (χ2v) is 8.48. The topological polar surface area (TPSA) is 84.9 Å². The van der Waals surface area contributed by atoms with Gasteiger partial charge in [0.2, 0.25) is 0 Å². The lowest BCUT2D eigenvalue weighted by atomic mass is 9.95. The zero-order chi connectivity index (χ0) is 23.9. The Morgan fingerprint density at radius 3 is 2.15 bits per heavy atom. The number of ether oxygens (including phenoxy) is 2. The molecule has 1 amide bonds. The van der Waals surface area contributed by atoms with Crippen LogP contribution >= 0.6 is 0 Å². The second-order valence-electron chi connectivity index (χ2n) is 8.48. The maximum Gasteiger partial charge on any atom is 0.407 e. The van der Waals surface area contributed by atoms with Crippen molar-refractivity contribution in [3.63, 3.8) is 0 Å². The first kappa shape index (κ1) is 23.4. The van der Waals surface area contributed by atoms with Gasteiger partial charge in [0.05, 0.1) is 13.0 Å². The van der Waals surface area contributed by atoms with E-state index < -0.39 is 18.0 Å². The highest BCUT2D eigenvalue weighted by atomic mass is 16.5. The first-order valence-electron chi connectivity index (χ1n) is 11.5. The first-order valence-corrected chi connectivity index (χ1v) is 11.5. The van der Waals surface area contributed by atoms with Crippen molar-refractivity contribution in [3.05, 3.63) is 89.5 Å². The SMILES string of the molecule is COc1ccc(CC(CCCNC(=O)OCC2c3ccccc3-c3ccccc32)C(=O)O)cc1. The van der Waals surface area contributed by atoms with Gasteiger partial charge in [-0.25, -0.2) is 4.79 Å². The Morgan fingerprint density at radius 2 is 1.56 bits per heavy atom. The molecule has 6 heteroatoms. The molecular weight excluding hydrogens is 430 g/mol. The summed E-state index contributed by atoms with van der Waals surface area (Å²) < 4.78 is 10.7. The van der Waals surface area contributed by atoms with E-state index in [2.05, 4.69) is 29.6 Å². The van der Waals surface area contributed by atoms with Crippen molar-refractivity contribution < 1.29 is 24.2 Å². The van der Waals surface area contributed by atoms with Crippen LogP contribution in [0.4, 0.5) is 4.79 Å². The number of methoxy groups -OCH3 is 1. The van der Waals surface area contributed by atoms with Gasteiger partial charge in [-0.2, -0.15) is 0 Å². The third-order valence-electron chi connectivity index (χ3n) is 6.33. The van der Waals surface area contributed by atoms with Gasteiger partial charge in [0.15, 0.2) is 0 Å². The van der Waals surface area contributed by atoms with E-state index in [1.807, 2.05) is 48.5 Å². The van der Waals surface area contributed by atoms with Gasteiger partial charge in [-0.15, -0.1) is 0 Å². The Balaban J connectivity index is 1.24. The van der Waals surface area contributed by atoms with Gasteiger partial charge in [0, 0.05) is 12.5 Å². The third-order valence-corrected chi connectivity index (χ3v) is 6.33. The molecule has 4 rings (SSSR count). The van der Waals surface area contributed by atoms with Gasteiger partial charge in [-0.1, -0.05) is 60.7 Å². The summed E-state index contributed by atoms with van der Waals surface area (Å²) >= 11 is 0. The molecule has 1 aliphatic rings. The minimum atomic E-state index is -0.836. The van der Waals surface area contributed by atoms with Crippen molar-refractivity contribution in [1.82, 2.24) is 5.32 Å². The molecule has 0 aliphatic heterocycles. The summed E-state index contributed by atoms with van der Waals surface area (Å²) in [6.07, 6.45) is 0.968. The Hall–Kier alpha value is -3.80. The number of fused-ring (bicyclic) bond motifs is 3. The molecule has 1 unspecified atom stereocenters. The highest BCUT2D eigenvalue weighted by molar-refractivity contribution is 5.79. The Morgan fingerprint density at radius 1 is 0.941 bits per heavy atom. The van der Waals surface area contributed by atoms with Crippen molar-refractivity contribution in [3.8, 4) is 16.9 Å². The van der Waals surface area contributed by atoms with E-state index in [0.29, 0.717) is 25.8 Å². The number of aliphatic carboxylic acids is 1. The van der Waals surface area contributed by atoms with Crippen molar-refractivity contribution in [1.29, 1.82) is 0 Å². The molecule has 0 heterocycles. The lowest BCUT2D eigenvalue weighted by Crippen LogP contribution is -2.28. The molecule has 0 radical (unpaired) electrons. The van der Waals surface area contributed by atoms with Crippen LogP contribution in [-0.2, 0) is 16.0 Å². The standard InChI is InChI=1S/C28H29NO5/c1-33-21-14-12-19(13-15-21)17-20(27(30)31)7-6-16-29-28(32)34-18-26-24-10-4-2-8-22(24)23-9-3-5-11-25(23)26/h2-5,8-15,20,26H,6-7,16-18H2,1H3,(H,29,32)(H,30,31). The predicted octanol–water partition coefficient (Wildman–Crippen LogP) is 5.26. The molecule has 176 valence electrons. The zero-order valence-corrected chi connectivity index (χ0v) is 19.2. The summed E-state index contributed by atoms with van der Waals surface area (Å²) in [7, 11) is 1.60. The predicted molar refractivity (Wildman–Crippen MR) is 130 cm³/mol. The number of rotatable bonds is 10. The van der Waals surface area contributed by atoms with Gasteiger partial charge >= 0.3 is 12.1 Å². The third kappa shape index (κ3) is 5.39. The molecule has 0 saturated carbocycles. The molecule has 1 atom stereocenters. The fourth-order valence-electron chi connectivity index (χ4n) is 4.55. The number of carboxylic acid groups (broad SMARTS) is 1. The minimum absolute atomic E-state index is 0.0130. The van der Waals surface area contributed by atoms with Crippen molar-refractivity contribution >= 4 is 12.1 Å². The molecule has 34 heavy (non-hydrogen) atoms. The number of hydrogen-bond donors (Lipinski definition) is 2. The lowest BCUT2D eigenvalue weighted by molar-refractivity contribution is -0.141. The number of amides is 1. The van der Waals surface area contributed by atoms with Crippen LogP contribution in [0.3, 0.4) is 0 Å². The zero-order valence-electron chi connectivity index (χ0n) is 19.2. The number of carbonyl (C=O) groups excluding carboxylic acids is 1. The normalized spacial score (nSPS) is 13.0. The van der Waals surface area contributed by atoms with Crippen LogP contribution in [0.2, 0.25) is 0 Å². The molecule has 3 aromatic rings. The fourth-order valence-corrected chi connectivity index (χ4v) is 4.55. The van der Waals surface area contributed by atoms with E-state index in [9.17, 15) is 14.7 Å². The van der Waals surface area contributed by atoms with Crippen molar-refractivity contribution in [2.75, 3.05) is 20.3 Å². The van der Waals surface area contributed by atoms with Gasteiger partial charge in [-0.05, 0) is 59.2 Å². The van der Waals surface area contributed by atoms with Crippen LogP contribution in [0.15, 0.2) is 72.8 Å². The number of alkyl carbamates (subject to hydrolysis) is 1. The summed E-state index contributed by atoms with van der Waals surface area (Å²) in [6.45, 7) is 0.623.